The summed E-state index contributed by atoms with van der Waals surface area (Å²) in [7, 11) is 0. The molecule has 0 saturated carbocycles. The molecule has 10 heteroatoms. The highest BCUT2D eigenvalue weighted by Crippen LogP contribution is 2.31. The van der Waals surface area contributed by atoms with Gasteiger partial charge in [-0.3, -0.25) is 4.40 Å². The molecular formula is C11H2ClF5N4. The Balaban J connectivity index is 2.42. The molecule has 0 amide bonds. The van der Waals surface area contributed by atoms with Gasteiger partial charge in [-0.05, 0) is 0 Å². The lowest BCUT2D eigenvalue weighted by Gasteiger charge is -2.06. The fourth-order valence-corrected chi connectivity index (χ4v) is 1.95. The van der Waals surface area contributed by atoms with Crippen LogP contribution in [0.3, 0.4) is 0 Å². The Kier molecular flexibility index (Phi) is 3.01. The van der Waals surface area contributed by atoms with E-state index < -0.39 is 40.5 Å². The molecule has 0 saturated heterocycles. The van der Waals surface area contributed by atoms with Crippen LogP contribution in [0.15, 0.2) is 12.4 Å². The second-order valence-electron chi connectivity index (χ2n) is 3.88. The lowest BCUT2D eigenvalue weighted by molar-refractivity contribution is 0.380. The molecule has 0 radical (unpaired) electrons. The summed E-state index contributed by atoms with van der Waals surface area (Å²) in [6, 6.07) is 0. The minimum Gasteiger partial charge on any atom is -0.278 e. The Hall–Kier alpha value is -2.29. The lowest BCUT2D eigenvalue weighted by atomic mass is 10.1. The van der Waals surface area contributed by atoms with Crippen molar-refractivity contribution >= 4 is 17.2 Å². The molecule has 0 bridgehead atoms. The van der Waals surface area contributed by atoms with Gasteiger partial charge < -0.3 is 0 Å². The molecule has 0 unspecified atom stereocenters. The normalized spacial score (nSPS) is 11.3. The first-order valence-electron chi connectivity index (χ1n) is 5.30. The minimum atomic E-state index is -2.25. The zero-order valence-electron chi connectivity index (χ0n) is 9.71. The minimum absolute atomic E-state index is 0.0851. The van der Waals surface area contributed by atoms with E-state index >= 15 is 0 Å². The van der Waals surface area contributed by atoms with E-state index in [1.54, 1.807) is 0 Å². The van der Waals surface area contributed by atoms with Gasteiger partial charge in [-0.1, -0.05) is 11.6 Å². The molecule has 0 N–H and O–H groups in total. The maximum Gasteiger partial charge on any atom is 0.200 e. The third kappa shape index (κ3) is 1.84. The maximum atomic E-state index is 13.7. The van der Waals surface area contributed by atoms with E-state index in [0.29, 0.717) is 0 Å². The van der Waals surface area contributed by atoms with E-state index in [1.165, 1.54) is 6.20 Å². The van der Waals surface area contributed by atoms with Crippen LogP contribution in [-0.4, -0.2) is 19.6 Å². The van der Waals surface area contributed by atoms with Crippen molar-refractivity contribution in [3.63, 3.8) is 0 Å². The van der Waals surface area contributed by atoms with Gasteiger partial charge in [-0.15, -0.1) is 10.2 Å². The van der Waals surface area contributed by atoms with Crippen molar-refractivity contribution in [2.75, 3.05) is 0 Å². The van der Waals surface area contributed by atoms with Crippen molar-refractivity contribution < 1.29 is 22.0 Å². The number of nitrogens with zero attached hydrogens (tertiary/aromatic N) is 4. The summed E-state index contributed by atoms with van der Waals surface area (Å²) in [6.45, 7) is 0. The summed E-state index contributed by atoms with van der Waals surface area (Å²) < 4.78 is 67.9. The molecule has 0 aliphatic heterocycles. The van der Waals surface area contributed by atoms with E-state index in [-0.39, 0.29) is 10.8 Å². The van der Waals surface area contributed by atoms with Crippen LogP contribution in [0.5, 0.6) is 0 Å². The lowest BCUT2D eigenvalue weighted by Crippen LogP contribution is -2.06. The highest BCUT2D eigenvalue weighted by atomic mass is 35.5. The SMILES string of the molecule is Fc1c(F)c(F)c(-c2nnc3c(Cl)nccn23)c(F)c1F. The zero-order chi connectivity index (χ0) is 15.3. The average Bonchev–Trinajstić information content (AvgIpc) is 2.89. The van der Waals surface area contributed by atoms with E-state index in [2.05, 4.69) is 15.2 Å². The largest absolute Gasteiger partial charge is 0.278 e. The number of hydrogen-bond acceptors (Lipinski definition) is 3. The molecule has 2 aromatic heterocycles. The number of fused-ring (bicyclic) bond motifs is 1. The fraction of sp³-hybridized carbons (Fsp3) is 0. The molecule has 108 valence electrons. The third-order valence-corrected chi connectivity index (χ3v) is 2.98. The molecule has 0 spiro atoms. The Morgan fingerprint density at radius 1 is 0.857 bits per heavy atom. The van der Waals surface area contributed by atoms with Crippen LogP contribution in [0, 0.1) is 29.1 Å². The maximum absolute atomic E-state index is 13.7. The first-order valence-corrected chi connectivity index (χ1v) is 5.68. The van der Waals surface area contributed by atoms with Gasteiger partial charge in [0, 0.05) is 12.4 Å². The Morgan fingerprint density at radius 2 is 1.43 bits per heavy atom. The van der Waals surface area contributed by atoms with Crippen LogP contribution in [-0.2, 0) is 0 Å². The number of hydrogen-bond donors (Lipinski definition) is 0. The standard InChI is InChI=1S/C11H2ClF5N4/c12-9-11-20-19-10(21(11)2-1-18-9)3-4(13)6(15)8(17)7(16)5(3)14/h1-2H. The first kappa shape index (κ1) is 13.7. The summed E-state index contributed by atoms with van der Waals surface area (Å²) in [5, 5.41) is 6.78. The molecule has 0 aliphatic carbocycles. The zero-order valence-corrected chi connectivity index (χ0v) is 10.5. The highest BCUT2D eigenvalue weighted by Gasteiger charge is 2.29. The molecule has 3 rings (SSSR count). The predicted octanol–water partition coefficient (Wildman–Crippen LogP) is 3.14. The molecule has 21 heavy (non-hydrogen) atoms. The quantitative estimate of drug-likeness (QED) is 0.393. The Morgan fingerprint density at radius 3 is 2.05 bits per heavy atom. The molecule has 0 aliphatic rings. The molecule has 0 fully saturated rings. The van der Waals surface area contributed by atoms with Gasteiger partial charge in [0.1, 0.15) is 0 Å². The van der Waals surface area contributed by atoms with Crippen LogP contribution in [0.1, 0.15) is 0 Å². The van der Waals surface area contributed by atoms with Crippen LogP contribution in [0.2, 0.25) is 5.15 Å². The molecular weight excluding hydrogens is 319 g/mol. The van der Waals surface area contributed by atoms with E-state index in [1.807, 2.05) is 0 Å². The Bertz CT molecular complexity index is 850. The van der Waals surface area contributed by atoms with Crippen molar-refractivity contribution in [1.29, 1.82) is 0 Å². The van der Waals surface area contributed by atoms with Crippen LogP contribution in [0.4, 0.5) is 22.0 Å². The number of halogens is 6. The van der Waals surface area contributed by atoms with E-state index in [4.69, 9.17) is 11.6 Å². The van der Waals surface area contributed by atoms with E-state index in [0.717, 1.165) is 10.6 Å². The van der Waals surface area contributed by atoms with Gasteiger partial charge in [0.15, 0.2) is 39.9 Å². The van der Waals surface area contributed by atoms with Crippen LogP contribution in [0.25, 0.3) is 17.0 Å². The molecule has 3 aromatic rings. The average molecular weight is 321 g/mol. The van der Waals surface area contributed by atoms with E-state index in [9.17, 15) is 22.0 Å². The smallest absolute Gasteiger partial charge is 0.200 e. The summed E-state index contributed by atoms with van der Waals surface area (Å²) >= 11 is 5.70. The van der Waals surface area contributed by atoms with Gasteiger partial charge in [0.05, 0.1) is 5.56 Å². The van der Waals surface area contributed by atoms with Crippen molar-refractivity contribution in [2.24, 2.45) is 0 Å². The van der Waals surface area contributed by atoms with Crippen molar-refractivity contribution in [2.45, 2.75) is 0 Å². The number of benzene rings is 1. The Labute approximate surface area is 117 Å². The summed E-state index contributed by atoms with van der Waals surface area (Å²) in [4.78, 5) is 3.65. The topological polar surface area (TPSA) is 43.1 Å². The molecule has 0 atom stereocenters. The molecule has 4 nitrogen and oxygen atoms in total. The summed E-state index contributed by atoms with van der Waals surface area (Å²) in [6.07, 6.45) is 2.34. The number of aromatic nitrogens is 4. The van der Waals surface area contributed by atoms with Gasteiger partial charge in [-0.2, -0.15) is 0 Å². The van der Waals surface area contributed by atoms with Crippen molar-refractivity contribution in [1.82, 2.24) is 19.6 Å². The first-order chi connectivity index (χ1) is 9.93. The van der Waals surface area contributed by atoms with Crippen LogP contribution < -0.4 is 0 Å². The monoisotopic (exact) mass is 320 g/mol. The highest BCUT2D eigenvalue weighted by molar-refractivity contribution is 6.32. The summed E-state index contributed by atoms with van der Waals surface area (Å²) in [5.74, 6) is -11.0. The second-order valence-corrected chi connectivity index (χ2v) is 4.24. The third-order valence-electron chi connectivity index (χ3n) is 2.72. The van der Waals surface area contributed by atoms with Gasteiger partial charge in [0.25, 0.3) is 0 Å². The fourth-order valence-electron chi connectivity index (χ4n) is 1.77. The summed E-state index contributed by atoms with van der Waals surface area (Å²) in [5.41, 5.74) is -1.28. The van der Waals surface area contributed by atoms with Crippen molar-refractivity contribution in [3.8, 4) is 11.4 Å². The second kappa shape index (κ2) is 4.62. The van der Waals surface area contributed by atoms with Gasteiger partial charge >= 0.3 is 0 Å². The van der Waals surface area contributed by atoms with Crippen molar-refractivity contribution in [3.05, 3.63) is 46.6 Å². The van der Waals surface area contributed by atoms with Gasteiger partial charge in [0.2, 0.25) is 5.82 Å². The molecule has 2 heterocycles. The predicted molar refractivity (Wildman–Crippen MR) is 61.0 cm³/mol. The van der Waals surface area contributed by atoms with Gasteiger partial charge in [-0.25, -0.2) is 26.9 Å². The molecule has 1 aromatic carbocycles. The number of rotatable bonds is 1. The van der Waals surface area contributed by atoms with Crippen LogP contribution >= 0.6 is 11.6 Å².